The molecule has 4 N–H and O–H groups in total. The molecular weight excluding hydrogens is 188 g/mol. The Morgan fingerprint density at radius 3 is 2.57 bits per heavy atom. The Balaban J connectivity index is 3.79. The minimum atomic E-state index is -1.27. The van der Waals surface area contributed by atoms with Crippen molar-refractivity contribution in [3.8, 4) is 0 Å². The van der Waals surface area contributed by atoms with Gasteiger partial charge in [-0.25, -0.2) is 9.59 Å². The van der Waals surface area contributed by atoms with Gasteiger partial charge in [-0.05, 0) is 6.42 Å². The van der Waals surface area contributed by atoms with Crippen molar-refractivity contribution in [2.24, 2.45) is 0 Å². The summed E-state index contributed by atoms with van der Waals surface area (Å²) < 4.78 is 0. The topological polar surface area (TPSA) is 98.7 Å². The molecule has 0 aromatic carbocycles. The quantitative estimate of drug-likeness (QED) is 0.338. The molecule has 0 saturated heterocycles. The summed E-state index contributed by atoms with van der Waals surface area (Å²) in [5, 5.41) is 21.6. The molecule has 0 aliphatic carbocycles. The molecule has 80 valence electrons. The van der Waals surface area contributed by atoms with Crippen LogP contribution in [0.3, 0.4) is 0 Å². The number of nitrogens with one attached hydrogen (secondary N) is 2. The van der Waals surface area contributed by atoms with Crippen molar-refractivity contribution in [2.45, 2.75) is 12.5 Å². The average molecular weight is 202 g/mol. The Labute approximate surface area is 81.6 Å². The highest BCUT2D eigenvalue weighted by atomic mass is 16.4. The monoisotopic (exact) mass is 202 g/mol. The molecule has 1 atom stereocenters. The van der Waals surface area contributed by atoms with Crippen molar-refractivity contribution in [3.63, 3.8) is 0 Å². The van der Waals surface area contributed by atoms with Crippen molar-refractivity contribution in [1.29, 1.82) is 0 Å². The summed E-state index contributed by atoms with van der Waals surface area (Å²) in [6.45, 7) is 3.20. The first-order valence-corrected chi connectivity index (χ1v) is 4.10. The van der Waals surface area contributed by atoms with Gasteiger partial charge < -0.3 is 20.8 Å². The van der Waals surface area contributed by atoms with E-state index in [4.69, 9.17) is 10.2 Å². The highest BCUT2D eigenvalue weighted by Gasteiger charge is 2.17. The third kappa shape index (κ3) is 5.15. The van der Waals surface area contributed by atoms with E-state index < -0.39 is 24.6 Å². The molecular formula is C8H14N2O4. The Morgan fingerprint density at radius 1 is 1.50 bits per heavy atom. The molecule has 14 heavy (non-hydrogen) atoms. The second-order valence-corrected chi connectivity index (χ2v) is 2.55. The Hall–Kier alpha value is -1.56. The minimum absolute atomic E-state index is 0.382. The maximum atomic E-state index is 11.0. The van der Waals surface area contributed by atoms with Crippen LogP contribution in [0.25, 0.3) is 0 Å². The molecule has 2 amide bonds. The number of aliphatic hydroxyl groups is 1. The largest absolute Gasteiger partial charge is 0.480 e. The van der Waals surface area contributed by atoms with Crippen molar-refractivity contribution in [1.82, 2.24) is 10.6 Å². The van der Waals surface area contributed by atoms with Gasteiger partial charge in [0.15, 0.2) is 6.04 Å². The number of aliphatic hydroxyl groups excluding tert-OH is 1. The van der Waals surface area contributed by atoms with Gasteiger partial charge in [0.05, 0.1) is 6.61 Å². The predicted octanol–water partition coefficient (Wildman–Crippen LogP) is -0.693. The molecule has 0 radical (unpaired) electrons. The van der Waals surface area contributed by atoms with Gasteiger partial charge in [-0.3, -0.25) is 0 Å². The van der Waals surface area contributed by atoms with E-state index in [9.17, 15) is 9.59 Å². The Bertz CT molecular complexity index is 217. The number of carbonyl (C=O) groups is 2. The second-order valence-electron chi connectivity index (χ2n) is 2.55. The van der Waals surface area contributed by atoms with Gasteiger partial charge in [0.1, 0.15) is 0 Å². The molecule has 0 bridgehead atoms. The molecule has 6 nitrogen and oxygen atoms in total. The third-order valence-corrected chi connectivity index (χ3v) is 1.42. The first kappa shape index (κ1) is 12.4. The molecule has 0 aromatic rings. The fraction of sp³-hybridized carbons (Fsp3) is 0.500. The van der Waals surface area contributed by atoms with E-state index in [2.05, 4.69) is 17.2 Å². The standard InChI is InChI=1S/C8H14N2O4/c1-2-3-4-9-8(14)10-6(5-11)7(12)13/h2,6,11H,1,3-5H2,(H,12,13)(H2,9,10,14)/t6-/m0/s1. The van der Waals surface area contributed by atoms with Crippen LogP contribution in [0.5, 0.6) is 0 Å². The van der Waals surface area contributed by atoms with Crippen LogP contribution >= 0.6 is 0 Å². The fourth-order valence-corrected chi connectivity index (χ4v) is 0.683. The number of hydrogen-bond acceptors (Lipinski definition) is 3. The molecule has 0 heterocycles. The molecule has 0 rings (SSSR count). The van der Waals surface area contributed by atoms with Gasteiger partial charge in [-0.1, -0.05) is 6.08 Å². The number of carboxylic acid groups (broad SMARTS) is 1. The zero-order valence-electron chi connectivity index (χ0n) is 7.69. The number of amides is 2. The summed E-state index contributed by atoms with van der Waals surface area (Å²) >= 11 is 0. The number of aliphatic carboxylic acids is 1. The number of rotatable bonds is 6. The molecule has 0 spiro atoms. The van der Waals surface area contributed by atoms with Crippen LogP contribution < -0.4 is 10.6 Å². The van der Waals surface area contributed by atoms with Crippen LogP contribution in [0.15, 0.2) is 12.7 Å². The van der Waals surface area contributed by atoms with Crippen LogP contribution in [0.1, 0.15) is 6.42 Å². The van der Waals surface area contributed by atoms with Crippen molar-refractivity contribution in [2.75, 3.05) is 13.2 Å². The summed E-state index contributed by atoms with van der Waals surface area (Å²) in [6, 6.07) is -1.88. The summed E-state index contributed by atoms with van der Waals surface area (Å²) in [7, 11) is 0. The summed E-state index contributed by atoms with van der Waals surface area (Å²) in [4.78, 5) is 21.3. The first-order valence-electron chi connectivity index (χ1n) is 4.10. The van der Waals surface area contributed by atoms with E-state index in [-0.39, 0.29) is 0 Å². The van der Waals surface area contributed by atoms with Crippen molar-refractivity contribution < 1.29 is 19.8 Å². The van der Waals surface area contributed by atoms with E-state index in [1.54, 1.807) is 6.08 Å². The first-order chi connectivity index (χ1) is 6.61. The van der Waals surface area contributed by atoms with Gasteiger partial charge in [0.25, 0.3) is 0 Å². The SMILES string of the molecule is C=CCCNC(=O)N[C@@H](CO)C(=O)O. The molecule has 6 heteroatoms. The lowest BCUT2D eigenvalue weighted by Crippen LogP contribution is -2.48. The van der Waals surface area contributed by atoms with Crippen LogP contribution in [-0.2, 0) is 4.79 Å². The highest BCUT2D eigenvalue weighted by molar-refractivity contribution is 5.82. The van der Waals surface area contributed by atoms with Crippen LogP contribution in [0.4, 0.5) is 4.79 Å². The zero-order valence-corrected chi connectivity index (χ0v) is 7.69. The van der Waals surface area contributed by atoms with E-state index >= 15 is 0 Å². The van der Waals surface area contributed by atoms with Crippen LogP contribution in [0, 0.1) is 0 Å². The minimum Gasteiger partial charge on any atom is -0.480 e. The number of urea groups is 1. The lowest BCUT2D eigenvalue weighted by Gasteiger charge is -2.11. The normalized spacial score (nSPS) is 11.5. The van der Waals surface area contributed by atoms with E-state index in [0.29, 0.717) is 13.0 Å². The van der Waals surface area contributed by atoms with Crippen LogP contribution in [0.2, 0.25) is 0 Å². The lowest BCUT2D eigenvalue weighted by atomic mass is 10.3. The molecule has 0 saturated carbocycles. The lowest BCUT2D eigenvalue weighted by molar-refractivity contribution is -0.140. The Kier molecular flexibility index (Phi) is 6.13. The van der Waals surface area contributed by atoms with Crippen molar-refractivity contribution >= 4 is 12.0 Å². The van der Waals surface area contributed by atoms with Gasteiger partial charge in [0, 0.05) is 6.54 Å². The van der Waals surface area contributed by atoms with Gasteiger partial charge in [0.2, 0.25) is 0 Å². The van der Waals surface area contributed by atoms with Gasteiger partial charge in [-0.15, -0.1) is 6.58 Å². The van der Waals surface area contributed by atoms with Gasteiger partial charge in [-0.2, -0.15) is 0 Å². The van der Waals surface area contributed by atoms with E-state index in [0.717, 1.165) is 0 Å². The number of carboxylic acids is 1. The highest BCUT2D eigenvalue weighted by Crippen LogP contribution is 1.82. The maximum Gasteiger partial charge on any atom is 0.328 e. The van der Waals surface area contributed by atoms with E-state index in [1.165, 1.54) is 0 Å². The average Bonchev–Trinajstić information content (AvgIpc) is 2.14. The Morgan fingerprint density at radius 2 is 2.14 bits per heavy atom. The number of carbonyl (C=O) groups excluding carboxylic acids is 1. The van der Waals surface area contributed by atoms with Crippen LogP contribution in [-0.4, -0.2) is 41.4 Å². The zero-order chi connectivity index (χ0) is 11.0. The smallest absolute Gasteiger partial charge is 0.328 e. The predicted molar refractivity (Wildman–Crippen MR) is 49.9 cm³/mol. The second kappa shape index (κ2) is 6.90. The molecule has 0 aromatic heterocycles. The van der Waals surface area contributed by atoms with Gasteiger partial charge >= 0.3 is 12.0 Å². The molecule has 0 aliphatic rings. The molecule has 0 unspecified atom stereocenters. The maximum absolute atomic E-state index is 11.0. The fourth-order valence-electron chi connectivity index (χ4n) is 0.683. The third-order valence-electron chi connectivity index (χ3n) is 1.42. The molecule has 0 aliphatic heterocycles. The van der Waals surface area contributed by atoms with E-state index in [1.807, 2.05) is 0 Å². The molecule has 0 fully saturated rings. The summed E-state index contributed by atoms with van der Waals surface area (Å²) in [6.07, 6.45) is 2.23. The van der Waals surface area contributed by atoms with Crippen molar-refractivity contribution in [3.05, 3.63) is 12.7 Å². The summed E-state index contributed by atoms with van der Waals surface area (Å²) in [5.41, 5.74) is 0. The summed E-state index contributed by atoms with van der Waals surface area (Å²) in [5.74, 6) is -1.27. The number of hydrogen-bond donors (Lipinski definition) is 4.